The smallest absolute Gasteiger partial charge is 0.339 e. The third kappa shape index (κ3) is 2.50. The second-order valence-electron chi connectivity index (χ2n) is 4.22. The maximum Gasteiger partial charge on any atom is 0.339 e. The van der Waals surface area contributed by atoms with Crippen molar-refractivity contribution in [1.29, 1.82) is 0 Å². The highest BCUT2D eigenvalue weighted by molar-refractivity contribution is 5.93. The SMILES string of the molecule is COC(=O)c1c(CC(N)CO)c(C)n(C)c1C. The average Bonchev–Trinajstić information content (AvgIpc) is 2.53. The predicted octanol–water partition coefficient (Wildman–Crippen LogP) is 0.291. The second-order valence-corrected chi connectivity index (χ2v) is 4.22. The van der Waals surface area contributed by atoms with Crippen LogP contribution in [0.3, 0.4) is 0 Å². The number of nitrogens with zero attached hydrogens (tertiary/aromatic N) is 1. The standard InChI is InChI=1S/C12H20N2O3/c1-7-10(5-9(13)6-15)11(12(16)17-4)8(2)14(7)3/h9,15H,5-6,13H2,1-4H3. The van der Waals surface area contributed by atoms with E-state index in [4.69, 9.17) is 15.6 Å². The minimum atomic E-state index is -0.362. The van der Waals surface area contributed by atoms with Crippen LogP contribution in [0.4, 0.5) is 0 Å². The van der Waals surface area contributed by atoms with Crippen molar-refractivity contribution in [3.05, 3.63) is 22.5 Å². The summed E-state index contributed by atoms with van der Waals surface area (Å²) < 4.78 is 6.72. The van der Waals surface area contributed by atoms with Gasteiger partial charge in [0.2, 0.25) is 0 Å². The van der Waals surface area contributed by atoms with E-state index in [0.29, 0.717) is 12.0 Å². The van der Waals surface area contributed by atoms with E-state index in [-0.39, 0.29) is 18.6 Å². The van der Waals surface area contributed by atoms with Crippen molar-refractivity contribution in [3.63, 3.8) is 0 Å². The second kappa shape index (κ2) is 5.33. The molecular formula is C12H20N2O3. The van der Waals surface area contributed by atoms with Crippen LogP contribution in [0.25, 0.3) is 0 Å². The van der Waals surface area contributed by atoms with Gasteiger partial charge in [-0.15, -0.1) is 0 Å². The first kappa shape index (κ1) is 13.7. The Kier molecular flexibility index (Phi) is 4.31. The molecule has 0 amide bonds. The van der Waals surface area contributed by atoms with Crippen LogP contribution in [0.2, 0.25) is 0 Å². The lowest BCUT2D eigenvalue weighted by atomic mass is 10.0. The van der Waals surface area contributed by atoms with Crippen LogP contribution in [0.5, 0.6) is 0 Å². The van der Waals surface area contributed by atoms with Crippen molar-refractivity contribution < 1.29 is 14.6 Å². The molecule has 0 fully saturated rings. The summed E-state index contributed by atoms with van der Waals surface area (Å²) in [5, 5.41) is 9.00. The average molecular weight is 240 g/mol. The zero-order valence-corrected chi connectivity index (χ0v) is 10.8. The molecule has 5 nitrogen and oxygen atoms in total. The number of aliphatic hydroxyl groups is 1. The van der Waals surface area contributed by atoms with Crippen molar-refractivity contribution >= 4 is 5.97 Å². The molecule has 1 unspecified atom stereocenters. The number of methoxy groups -OCH3 is 1. The van der Waals surface area contributed by atoms with Gasteiger partial charge in [-0.05, 0) is 25.8 Å². The van der Waals surface area contributed by atoms with Crippen LogP contribution in [-0.4, -0.2) is 35.4 Å². The molecule has 1 atom stereocenters. The van der Waals surface area contributed by atoms with Gasteiger partial charge in [0.05, 0.1) is 19.3 Å². The zero-order valence-electron chi connectivity index (χ0n) is 10.8. The molecule has 17 heavy (non-hydrogen) atoms. The van der Waals surface area contributed by atoms with E-state index in [9.17, 15) is 4.79 Å². The molecule has 1 aromatic rings. The number of carbonyl (C=O) groups excluding carboxylic acids is 1. The molecule has 1 aromatic heterocycles. The first-order valence-electron chi connectivity index (χ1n) is 5.53. The van der Waals surface area contributed by atoms with Crippen LogP contribution >= 0.6 is 0 Å². The summed E-state index contributed by atoms with van der Waals surface area (Å²) in [4.78, 5) is 11.8. The molecule has 0 saturated heterocycles. The Morgan fingerprint density at radius 1 is 1.47 bits per heavy atom. The summed E-state index contributed by atoms with van der Waals surface area (Å²) >= 11 is 0. The van der Waals surface area contributed by atoms with E-state index >= 15 is 0 Å². The van der Waals surface area contributed by atoms with E-state index in [0.717, 1.165) is 17.0 Å². The Labute approximate surface area is 101 Å². The number of aromatic nitrogens is 1. The molecule has 3 N–H and O–H groups in total. The van der Waals surface area contributed by atoms with Crippen molar-refractivity contribution in [3.8, 4) is 0 Å². The Bertz CT molecular complexity index is 424. The van der Waals surface area contributed by atoms with E-state index in [1.807, 2.05) is 25.5 Å². The zero-order chi connectivity index (χ0) is 13.2. The molecule has 1 heterocycles. The lowest BCUT2D eigenvalue weighted by Gasteiger charge is -2.09. The molecule has 0 radical (unpaired) electrons. The van der Waals surface area contributed by atoms with Crippen LogP contribution in [0.1, 0.15) is 27.3 Å². The fraction of sp³-hybridized carbons (Fsp3) is 0.583. The monoisotopic (exact) mass is 240 g/mol. The Morgan fingerprint density at radius 2 is 2.06 bits per heavy atom. The van der Waals surface area contributed by atoms with Gasteiger partial charge in [-0.3, -0.25) is 0 Å². The van der Waals surface area contributed by atoms with Crippen LogP contribution in [0, 0.1) is 13.8 Å². The molecule has 0 aliphatic heterocycles. The number of aliphatic hydroxyl groups excluding tert-OH is 1. The molecular weight excluding hydrogens is 220 g/mol. The molecule has 0 aliphatic rings. The Morgan fingerprint density at radius 3 is 2.53 bits per heavy atom. The third-order valence-electron chi connectivity index (χ3n) is 3.20. The lowest BCUT2D eigenvalue weighted by molar-refractivity contribution is 0.0598. The number of ether oxygens (including phenoxy) is 1. The number of carbonyl (C=O) groups is 1. The number of nitrogens with two attached hydrogens (primary N) is 1. The van der Waals surface area contributed by atoms with Gasteiger partial charge in [0.15, 0.2) is 0 Å². The molecule has 0 saturated carbocycles. The minimum absolute atomic E-state index is 0.103. The van der Waals surface area contributed by atoms with Gasteiger partial charge in [-0.1, -0.05) is 0 Å². The molecule has 0 spiro atoms. The topological polar surface area (TPSA) is 77.5 Å². The van der Waals surface area contributed by atoms with E-state index in [2.05, 4.69) is 0 Å². The Balaban J connectivity index is 3.26. The summed E-state index contributed by atoms with van der Waals surface area (Å²) in [7, 11) is 3.25. The number of esters is 1. The molecule has 0 aromatic carbocycles. The van der Waals surface area contributed by atoms with Gasteiger partial charge < -0.3 is 20.1 Å². The van der Waals surface area contributed by atoms with Crippen molar-refractivity contribution in [2.45, 2.75) is 26.3 Å². The van der Waals surface area contributed by atoms with E-state index in [1.165, 1.54) is 7.11 Å². The lowest BCUT2D eigenvalue weighted by Crippen LogP contribution is -2.27. The normalized spacial score (nSPS) is 12.6. The minimum Gasteiger partial charge on any atom is -0.465 e. The summed E-state index contributed by atoms with van der Waals surface area (Å²) in [5.41, 5.74) is 8.99. The predicted molar refractivity (Wildman–Crippen MR) is 65.0 cm³/mol. The molecule has 0 aliphatic carbocycles. The van der Waals surface area contributed by atoms with Crippen molar-refractivity contribution in [2.75, 3.05) is 13.7 Å². The quantitative estimate of drug-likeness (QED) is 0.742. The van der Waals surface area contributed by atoms with Gasteiger partial charge in [-0.2, -0.15) is 0 Å². The van der Waals surface area contributed by atoms with Gasteiger partial charge in [-0.25, -0.2) is 4.79 Å². The first-order chi connectivity index (χ1) is 7.93. The highest BCUT2D eigenvalue weighted by Gasteiger charge is 2.23. The largest absolute Gasteiger partial charge is 0.465 e. The van der Waals surface area contributed by atoms with E-state index in [1.54, 1.807) is 0 Å². The highest BCUT2D eigenvalue weighted by Crippen LogP contribution is 2.23. The molecule has 1 rings (SSSR count). The molecule has 0 bridgehead atoms. The number of hydrogen-bond acceptors (Lipinski definition) is 4. The summed E-state index contributed by atoms with van der Waals surface area (Å²) in [6, 6.07) is -0.362. The van der Waals surface area contributed by atoms with Crippen LogP contribution in [0.15, 0.2) is 0 Å². The first-order valence-corrected chi connectivity index (χ1v) is 5.53. The van der Waals surface area contributed by atoms with Gasteiger partial charge >= 0.3 is 5.97 Å². The van der Waals surface area contributed by atoms with Gasteiger partial charge in [0.1, 0.15) is 0 Å². The maximum atomic E-state index is 11.8. The molecule has 5 heteroatoms. The summed E-state index contributed by atoms with van der Waals surface area (Å²) in [5.74, 6) is -0.355. The fourth-order valence-electron chi connectivity index (χ4n) is 1.97. The fourth-order valence-corrected chi connectivity index (χ4v) is 1.97. The highest BCUT2D eigenvalue weighted by atomic mass is 16.5. The van der Waals surface area contributed by atoms with Gasteiger partial charge in [0, 0.05) is 24.5 Å². The number of hydrogen-bond donors (Lipinski definition) is 2. The van der Waals surface area contributed by atoms with Crippen molar-refractivity contribution in [2.24, 2.45) is 12.8 Å². The van der Waals surface area contributed by atoms with Crippen molar-refractivity contribution in [1.82, 2.24) is 4.57 Å². The third-order valence-corrected chi connectivity index (χ3v) is 3.20. The van der Waals surface area contributed by atoms with E-state index < -0.39 is 0 Å². The van der Waals surface area contributed by atoms with Gasteiger partial charge in [0.25, 0.3) is 0 Å². The van der Waals surface area contributed by atoms with Crippen LogP contribution in [-0.2, 0) is 18.2 Å². The Hall–Kier alpha value is -1.33. The summed E-state index contributed by atoms with van der Waals surface area (Å²) in [6.07, 6.45) is 0.467. The summed E-state index contributed by atoms with van der Waals surface area (Å²) in [6.45, 7) is 3.69. The molecule has 96 valence electrons. The number of rotatable bonds is 4. The van der Waals surface area contributed by atoms with Crippen LogP contribution < -0.4 is 5.73 Å². The maximum absolute atomic E-state index is 11.8.